The Morgan fingerprint density at radius 3 is 2.67 bits per heavy atom. The van der Waals surface area contributed by atoms with Crippen molar-refractivity contribution in [3.8, 4) is 0 Å². The molecule has 0 saturated carbocycles. The Bertz CT molecular complexity index is 450. The standard InChI is InChI=1S/C7H9NO5S2/c9-2-1-8-15(12,13)5-3-6(7(10)11)14-4-5/h3-4,8-9H,1-2H2,(H,10,11). The van der Waals surface area contributed by atoms with E-state index in [0.29, 0.717) is 0 Å². The molecule has 0 fully saturated rings. The molecule has 0 aliphatic rings. The third kappa shape index (κ3) is 2.99. The van der Waals surface area contributed by atoms with Crippen molar-refractivity contribution >= 4 is 27.3 Å². The van der Waals surface area contributed by atoms with E-state index in [1.165, 1.54) is 5.38 Å². The molecule has 1 rings (SSSR count). The highest BCUT2D eigenvalue weighted by Crippen LogP contribution is 2.18. The number of aliphatic hydroxyl groups is 1. The number of sulfonamides is 1. The van der Waals surface area contributed by atoms with Gasteiger partial charge in [-0.05, 0) is 6.07 Å². The zero-order chi connectivity index (χ0) is 11.5. The summed E-state index contributed by atoms with van der Waals surface area (Å²) in [5.41, 5.74) is 0. The van der Waals surface area contributed by atoms with Gasteiger partial charge in [-0.2, -0.15) is 0 Å². The van der Waals surface area contributed by atoms with Gasteiger partial charge in [-0.3, -0.25) is 0 Å². The fourth-order valence-electron chi connectivity index (χ4n) is 0.835. The van der Waals surface area contributed by atoms with Crippen molar-refractivity contribution in [2.75, 3.05) is 13.2 Å². The lowest BCUT2D eigenvalue weighted by atomic mass is 10.5. The molecule has 0 atom stereocenters. The first kappa shape index (κ1) is 12.1. The minimum absolute atomic E-state index is 0.0422. The summed E-state index contributed by atoms with van der Waals surface area (Å²) in [6, 6.07) is 1.08. The zero-order valence-electron chi connectivity index (χ0n) is 7.50. The molecule has 0 aliphatic heterocycles. The zero-order valence-corrected chi connectivity index (χ0v) is 9.14. The normalized spacial score (nSPS) is 11.5. The average molecular weight is 251 g/mol. The van der Waals surface area contributed by atoms with Gasteiger partial charge in [-0.25, -0.2) is 17.9 Å². The maximum atomic E-state index is 11.4. The van der Waals surface area contributed by atoms with Crippen LogP contribution in [0.5, 0.6) is 0 Å². The van der Waals surface area contributed by atoms with Gasteiger partial charge in [-0.1, -0.05) is 0 Å². The fraction of sp³-hybridized carbons (Fsp3) is 0.286. The molecule has 84 valence electrons. The molecule has 6 nitrogen and oxygen atoms in total. The summed E-state index contributed by atoms with van der Waals surface area (Å²) in [7, 11) is -3.70. The van der Waals surface area contributed by atoms with E-state index in [1.54, 1.807) is 0 Å². The number of carboxylic acid groups (broad SMARTS) is 1. The third-order valence-corrected chi connectivity index (χ3v) is 4.01. The van der Waals surface area contributed by atoms with E-state index in [2.05, 4.69) is 4.72 Å². The SMILES string of the molecule is O=C(O)c1cc(S(=O)(=O)NCCO)cs1. The largest absolute Gasteiger partial charge is 0.477 e. The molecular formula is C7H9NO5S2. The van der Waals surface area contributed by atoms with Gasteiger partial charge < -0.3 is 10.2 Å². The summed E-state index contributed by atoms with van der Waals surface area (Å²) in [6.45, 7) is -0.407. The highest BCUT2D eigenvalue weighted by Gasteiger charge is 2.17. The summed E-state index contributed by atoms with van der Waals surface area (Å²) in [6.07, 6.45) is 0. The van der Waals surface area contributed by atoms with Crippen LogP contribution in [0.2, 0.25) is 0 Å². The molecule has 1 heterocycles. The van der Waals surface area contributed by atoms with Crippen LogP contribution in [-0.4, -0.2) is 37.8 Å². The molecule has 0 unspecified atom stereocenters. The molecule has 0 bridgehead atoms. The number of nitrogens with one attached hydrogen (secondary N) is 1. The van der Waals surface area contributed by atoms with E-state index in [0.717, 1.165) is 17.4 Å². The monoisotopic (exact) mass is 251 g/mol. The van der Waals surface area contributed by atoms with Crippen LogP contribution in [0.15, 0.2) is 16.3 Å². The Balaban J connectivity index is 2.91. The second kappa shape index (κ2) is 4.71. The van der Waals surface area contributed by atoms with Gasteiger partial charge in [0.2, 0.25) is 10.0 Å². The summed E-state index contributed by atoms with van der Waals surface area (Å²) >= 11 is 0.837. The van der Waals surface area contributed by atoms with Crippen molar-refractivity contribution in [1.29, 1.82) is 0 Å². The number of aromatic carboxylic acids is 1. The number of hydrogen-bond donors (Lipinski definition) is 3. The van der Waals surface area contributed by atoms with E-state index in [1.807, 2.05) is 0 Å². The molecule has 15 heavy (non-hydrogen) atoms. The predicted molar refractivity (Wildman–Crippen MR) is 53.6 cm³/mol. The first-order chi connectivity index (χ1) is 6.97. The van der Waals surface area contributed by atoms with Crippen molar-refractivity contribution in [1.82, 2.24) is 4.72 Å². The van der Waals surface area contributed by atoms with Gasteiger partial charge in [0.25, 0.3) is 0 Å². The summed E-state index contributed by atoms with van der Waals surface area (Å²) in [5.74, 6) is -1.16. The average Bonchev–Trinajstić information content (AvgIpc) is 2.64. The fourth-order valence-corrected chi connectivity index (χ4v) is 2.97. The molecule has 0 spiro atoms. The van der Waals surface area contributed by atoms with Crippen LogP contribution < -0.4 is 4.72 Å². The lowest BCUT2D eigenvalue weighted by Crippen LogP contribution is -2.26. The van der Waals surface area contributed by atoms with E-state index in [4.69, 9.17) is 10.2 Å². The topological polar surface area (TPSA) is 104 Å². The van der Waals surface area contributed by atoms with Crippen LogP contribution in [0.4, 0.5) is 0 Å². The van der Waals surface area contributed by atoms with Gasteiger partial charge >= 0.3 is 5.97 Å². The van der Waals surface area contributed by atoms with Crippen LogP contribution in [-0.2, 0) is 10.0 Å². The third-order valence-electron chi connectivity index (χ3n) is 1.50. The van der Waals surface area contributed by atoms with Gasteiger partial charge in [0.15, 0.2) is 0 Å². The lowest BCUT2D eigenvalue weighted by Gasteiger charge is -2.01. The molecule has 1 aromatic heterocycles. The van der Waals surface area contributed by atoms with Crippen LogP contribution in [0.25, 0.3) is 0 Å². The smallest absolute Gasteiger partial charge is 0.345 e. The summed E-state index contributed by atoms with van der Waals surface area (Å²) in [4.78, 5) is 10.4. The molecule has 1 aromatic rings. The molecule has 3 N–H and O–H groups in total. The summed E-state index contributed by atoms with van der Waals surface area (Å²) < 4.78 is 25.0. The van der Waals surface area contributed by atoms with Crippen molar-refractivity contribution < 1.29 is 23.4 Å². The van der Waals surface area contributed by atoms with Gasteiger partial charge in [-0.15, -0.1) is 11.3 Å². The molecule has 0 aliphatic carbocycles. The number of rotatable bonds is 5. The Morgan fingerprint density at radius 1 is 1.53 bits per heavy atom. The Labute approximate surface area is 90.2 Å². The Morgan fingerprint density at radius 2 is 2.20 bits per heavy atom. The number of thiophene rings is 1. The van der Waals surface area contributed by atoms with Crippen LogP contribution in [0, 0.1) is 0 Å². The quantitative estimate of drug-likeness (QED) is 0.667. The lowest BCUT2D eigenvalue weighted by molar-refractivity contribution is 0.0702. The molecule has 0 amide bonds. The number of carboxylic acids is 1. The minimum Gasteiger partial charge on any atom is -0.477 e. The van der Waals surface area contributed by atoms with Crippen LogP contribution in [0.3, 0.4) is 0 Å². The van der Waals surface area contributed by atoms with Crippen LogP contribution in [0.1, 0.15) is 9.67 Å². The van der Waals surface area contributed by atoms with Crippen molar-refractivity contribution in [2.24, 2.45) is 0 Å². The summed E-state index contributed by atoms with van der Waals surface area (Å²) in [5, 5.41) is 18.3. The predicted octanol–water partition coefficient (Wildman–Crippen LogP) is -0.283. The number of hydrogen-bond acceptors (Lipinski definition) is 5. The molecule has 8 heteroatoms. The maximum Gasteiger partial charge on any atom is 0.345 e. The first-order valence-electron chi connectivity index (χ1n) is 3.89. The van der Waals surface area contributed by atoms with E-state index < -0.39 is 16.0 Å². The van der Waals surface area contributed by atoms with E-state index in [9.17, 15) is 13.2 Å². The first-order valence-corrected chi connectivity index (χ1v) is 6.26. The van der Waals surface area contributed by atoms with Crippen molar-refractivity contribution in [3.63, 3.8) is 0 Å². The maximum absolute atomic E-state index is 11.4. The Hall–Kier alpha value is -0.960. The second-order valence-corrected chi connectivity index (χ2v) is 5.25. The van der Waals surface area contributed by atoms with E-state index in [-0.39, 0.29) is 22.9 Å². The molecule has 0 saturated heterocycles. The number of carbonyl (C=O) groups is 1. The molecule has 0 aromatic carbocycles. The van der Waals surface area contributed by atoms with E-state index >= 15 is 0 Å². The van der Waals surface area contributed by atoms with Crippen molar-refractivity contribution in [3.05, 3.63) is 16.3 Å². The minimum atomic E-state index is -3.70. The molecular weight excluding hydrogens is 242 g/mol. The number of aliphatic hydroxyl groups excluding tert-OH is 1. The highest BCUT2D eigenvalue weighted by molar-refractivity contribution is 7.89. The van der Waals surface area contributed by atoms with Gasteiger partial charge in [0, 0.05) is 11.9 Å². The van der Waals surface area contributed by atoms with Crippen molar-refractivity contribution in [2.45, 2.75) is 4.90 Å². The Kier molecular flexibility index (Phi) is 3.80. The second-order valence-electron chi connectivity index (χ2n) is 2.57. The van der Waals surface area contributed by atoms with Gasteiger partial charge in [0.1, 0.15) is 4.88 Å². The molecule has 0 radical (unpaired) electrons. The highest BCUT2D eigenvalue weighted by atomic mass is 32.2. The van der Waals surface area contributed by atoms with Gasteiger partial charge in [0.05, 0.1) is 11.5 Å². The van der Waals surface area contributed by atoms with Crippen LogP contribution >= 0.6 is 11.3 Å².